The van der Waals surface area contributed by atoms with Crippen LogP contribution in [0.2, 0.25) is 10.0 Å². The number of benzene rings is 2. The van der Waals surface area contributed by atoms with Crippen molar-refractivity contribution in [3.05, 3.63) is 62.4 Å². The summed E-state index contributed by atoms with van der Waals surface area (Å²) in [7, 11) is 0. The van der Waals surface area contributed by atoms with E-state index in [1.807, 2.05) is 18.2 Å². The third kappa shape index (κ3) is 5.20. The van der Waals surface area contributed by atoms with Crippen molar-refractivity contribution in [1.82, 2.24) is 4.65 Å². The van der Waals surface area contributed by atoms with E-state index in [9.17, 15) is 15.2 Å². The number of hydrogen-bond acceptors (Lipinski definition) is 4. The molecule has 2 aromatic carbocycles. The van der Waals surface area contributed by atoms with Crippen LogP contribution in [0.3, 0.4) is 0 Å². The Kier molecular flexibility index (Phi) is 6.95. The fourth-order valence-corrected chi connectivity index (χ4v) is 4.77. The first-order chi connectivity index (χ1) is 15.3. The van der Waals surface area contributed by atoms with Crippen molar-refractivity contribution in [3.8, 4) is 5.75 Å². The second kappa shape index (κ2) is 9.55. The molecule has 1 saturated heterocycles. The minimum atomic E-state index is -0.611. The molecule has 1 fully saturated rings. The van der Waals surface area contributed by atoms with Crippen LogP contribution in [-0.2, 0) is 11.2 Å². The van der Waals surface area contributed by atoms with Gasteiger partial charge in [0, 0.05) is 30.7 Å². The summed E-state index contributed by atoms with van der Waals surface area (Å²) in [5.41, 5.74) is 2.36. The van der Waals surface area contributed by atoms with Gasteiger partial charge >= 0.3 is 0 Å². The molecule has 7 nitrogen and oxygen atoms in total. The lowest BCUT2D eigenvalue weighted by Crippen LogP contribution is -2.63. The number of aryl methyl sites for hydroxylation is 1. The average molecular weight is 480 g/mol. The maximum Gasteiger partial charge on any atom is 0.224 e. The van der Waals surface area contributed by atoms with Gasteiger partial charge in [-0.1, -0.05) is 35.3 Å². The SMILES string of the molecule is O=C1CCc2ccc(OCCCC[N+]3([O-])CC[N+]([O-])(c4cccc(Cl)c4Cl)CC3)cc2N1. The molecular formula is C23H27Cl2N3O4. The standard InChI is InChI=1S/C23H27Cl2N3O4/c24-19-4-3-5-21(23(19)25)28(31)13-11-27(30,12-14-28)10-1-2-15-32-18-8-6-17-7-9-22(29)26-20(17)16-18/h3-6,8,16H,1-2,7,9-15H2,(H,26,29). The van der Waals surface area contributed by atoms with Crippen LogP contribution in [0, 0.1) is 10.4 Å². The summed E-state index contributed by atoms with van der Waals surface area (Å²) in [6.45, 7) is 1.80. The first-order valence-electron chi connectivity index (χ1n) is 10.9. The number of hydroxylamine groups is 5. The Morgan fingerprint density at radius 3 is 2.56 bits per heavy atom. The van der Waals surface area contributed by atoms with Gasteiger partial charge in [0.2, 0.25) is 5.91 Å². The van der Waals surface area contributed by atoms with Crippen molar-refractivity contribution in [1.29, 1.82) is 0 Å². The Bertz CT molecular complexity index is 993. The molecule has 32 heavy (non-hydrogen) atoms. The molecule has 2 aliphatic heterocycles. The van der Waals surface area contributed by atoms with E-state index in [4.69, 9.17) is 27.9 Å². The van der Waals surface area contributed by atoms with E-state index in [2.05, 4.69) is 5.32 Å². The number of fused-ring (bicyclic) bond motifs is 1. The molecule has 172 valence electrons. The molecule has 9 heteroatoms. The summed E-state index contributed by atoms with van der Waals surface area (Å²) in [4.78, 5) is 11.6. The van der Waals surface area contributed by atoms with E-state index >= 15 is 0 Å². The van der Waals surface area contributed by atoms with Gasteiger partial charge < -0.3 is 29.8 Å². The summed E-state index contributed by atoms with van der Waals surface area (Å²) in [5.74, 6) is 0.737. The van der Waals surface area contributed by atoms with E-state index in [1.165, 1.54) is 0 Å². The van der Waals surface area contributed by atoms with Crippen LogP contribution in [0.5, 0.6) is 5.75 Å². The second-order valence-corrected chi connectivity index (χ2v) is 9.35. The zero-order valence-corrected chi connectivity index (χ0v) is 19.3. The minimum absolute atomic E-state index is 0.0269. The van der Waals surface area contributed by atoms with E-state index in [1.54, 1.807) is 18.2 Å². The van der Waals surface area contributed by atoms with E-state index < -0.39 is 4.65 Å². The number of nitrogens with one attached hydrogen (secondary N) is 1. The topological polar surface area (TPSA) is 84.5 Å². The number of rotatable bonds is 7. The highest BCUT2D eigenvalue weighted by Gasteiger charge is 2.35. The zero-order valence-electron chi connectivity index (χ0n) is 17.8. The summed E-state index contributed by atoms with van der Waals surface area (Å²) in [5, 5.41) is 29.8. The monoisotopic (exact) mass is 479 g/mol. The summed E-state index contributed by atoms with van der Waals surface area (Å²) in [6.07, 6.45) is 2.71. The van der Waals surface area contributed by atoms with Crippen molar-refractivity contribution in [2.24, 2.45) is 0 Å². The van der Waals surface area contributed by atoms with Gasteiger partial charge in [0.05, 0.1) is 18.2 Å². The van der Waals surface area contributed by atoms with Gasteiger partial charge in [-0.2, -0.15) is 0 Å². The number of amides is 1. The average Bonchev–Trinajstić information content (AvgIpc) is 2.77. The van der Waals surface area contributed by atoms with Crippen molar-refractivity contribution in [2.45, 2.75) is 25.7 Å². The Labute approximate surface area is 197 Å². The van der Waals surface area contributed by atoms with E-state index in [-0.39, 0.29) is 41.8 Å². The van der Waals surface area contributed by atoms with Crippen LogP contribution in [-0.4, -0.2) is 49.9 Å². The third-order valence-corrected chi connectivity index (χ3v) is 7.12. The fourth-order valence-electron chi connectivity index (χ4n) is 4.32. The summed E-state index contributed by atoms with van der Waals surface area (Å²) in [6, 6.07) is 10.8. The Morgan fingerprint density at radius 1 is 1.00 bits per heavy atom. The van der Waals surface area contributed by atoms with Gasteiger partial charge in [-0.25, -0.2) is 0 Å². The largest absolute Gasteiger partial charge is 0.632 e. The first kappa shape index (κ1) is 23.3. The van der Waals surface area contributed by atoms with E-state index in [0.29, 0.717) is 42.5 Å². The molecule has 4 rings (SSSR count). The van der Waals surface area contributed by atoms with E-state index in [0.717, 1.165) is 24.1 Å². The molecule has 0 unspecified atom stereocenters. The van der Waals surface area contributed by atoms with Crippen molar-refractivity contribution >= 4 is 40.5 Å². The lowest BCUT2D eigenvalue weighted by Gasteiger charge is -2.54. The number of quaternary nitrogens is 2. The van der Waals surface area contributed by atoms with Crippen LogP contribution >= 0.6 is 23.2 Å². The highest BCUT2D eigenvalue weighted by atomic mass is 35.5. The predicted molar refractivity (Wildman–Crippen MR) is 128 cm³/mol. The maximum absolute atomic E-state index is 13.2. The Balaban J connectivity index is 1.23. The molecule has 1 amide bonds. The van der Waals surface area contributed by atoms with Crippen LogP contribution in [0.1, 0.15) is 24.8 Å². The molecule has 1 N–H and O–H groups in total. The lowest BCUT2D eigenvalue weighted by atomic mass is 10.0. The number of ether oxygens (including phenoxy) is 1. The maximum atomic E-state index is 13.2. The molecule has 0 bridgehead atoms. The Morgan fingerprint density at radius 2 is 1.78 bits per heavy atom. The van der Waals surface area contributed by atoms with Crippen LogP contribution < -0.4 is 14.7 Å². The fraction of sp³-hybridized carbons (Fsp3) is 0.435. The predicted octanol–water partition coefficient (Wildman–Crippen LogP) is 4.87. The zero-order chi connectivity index (χ0) is 22.8. The molecule has 0 aromatic heterocycles. The normalized spacial score (nSPS) is 25.2. The Hall–Kier alpha value is -1.87. The smallest absolute Gasteiger partial charge is 0.224 e. The number of halogens is 2. The van der Waals surface area contributed by atoms with Gasteiger partial charge in [0.15, 0.2) is 5.69 Å². The number of unbranched alkanes of at least 4 members (excludes halogenated alkanes) is 1. The molecule has 2 heterocycles. The first-order valence-corrected chi connectivity index (χ1v) is 11.7. The number of anilines is 1. The van der Waals surface area contributed by atoms with Gasteiger partial charge in [-0.3, -0.25) is 4.79 Å². The van der Waals surface area contributed by atoms with Crippen molar-refractivity contribution < 1.29 is 14.2 Å². The highest BCUT2D eigenvalue weighted by Crippen LogP contribution is 2.37. The number of nitrogens with zero attached hydrogens (tertiary/aromatic N) is 2. The van der Waals surface area contributed by atoms with Gasteiger partial charge in [-0.05, 0) is 30.5 Å². The number of hydrogen-bond donors (Lipinski definition) is 1. The molecule has 2 aromatic rings. The molecule has 0 saturated carbocycles. The molecule has 0 spiro atoms. The molecular weight excluding hydrogens is 453 g/mol. The van der Waals surface area contributed by atoms with Gasteiger partial charge in [0.1, 0.15) is 37.0 Å². The van der Waals surface area contributed by atoms with Crippen LogP contribution in [0.15, 0.2) is 36.4 Å². The quantitative estimate of drug-likeness (QED) is 0.348. The highest BCUT2D eigenvalue weighted by molar-refractivity contribution is 6.43. The van der Waals surface area contributed by atoms with Crippen molar-refractivity contribution in [2.75, 3.05) is 44.6 Å². The lowest BCUT2D eigenvalue weighted by molar-refractivity contribution is -0.884. The minimum Gasteiger partial charge on any atom is -0.632 e. The second-order valence-electron chi connectivity index (χ2n) is 8.56. The molecule has 0 radical (unpaired) electrons. The van der Waals surface area contributed by atoms with Gasteiger partial charge in [-0.15, -0.1) is 0 Å². The number of carbonyl (C=O) groups excluding carboxylic acids is 1. The molecule has 2 aliphatic rings. The molecule has 0 aliphatic carbocycles. The summed E-state index contributed by atoms with van der Waals surface area (Å²) >= 11 is 12.3. The number of carbonyl (C=O) groups is 1. The van der Waals surface area contributed by atoms with Crippen LogP contribution in [0.4, 0.5) is 11.4 Å². The third-order valence-electron chi connectivity index (χ3n) is 6.31. The molecule has 0 atom stereocenters. The van der Waals surface area contributed by atoms with Crippen molar-refractivity contribution in [3.63, 3.8) is 0 Å². The summed E-state index contributed by atoms with van der Waals surface area (Å²) < 4.78 is 4.82. The van der Waals surface area contributed by atoms with Crippen LogP contribution in [0.25, 0.3) is 0 Å². The van der Waals surface area contributed by atoms with Gasteiger partial charge in [0.25, 0.3) is 0 Å². The number of piperazine rings is 1.